The Morgan fingerprint density at radius 1 is 1.45 bits per heavy atom. The summed E-state index contributed by atoms with van der Waals surface area (Å²) in [5, 5.41) is 2.63. The highest BCUT2D eigenvalue weighted by molar-refractivity contribution is 7.89. The molecule has 1 aromatic rings. The Morgan fingerprint density at radius 3 is 2.85 bits per heavy atom. The van der Waals surface area contributed by atoms with Gasteiger partial charge in [-0.15, -0.1) is 12.4 Å². The van der Waals surface area contributed by atoms with Crippen LogP contribution in [0.3, 0.4) is 0 Å². The molecule has 1 saturated heterocycles. The van der Waals surface area contributed by atoms with Crippen LogP contribution >= 0.6 is 12.4 Å². The highest BCUT2D eigenvalue weighted by atomic mass is 35.5. The lowest BCUT2D eigenvalue weighted by atomic mass is 10.1. The average molecular weight is 321 g/mol. The topological polar surface area (TPSA) is 84.0 Å². The minimum absolute atomic E-state index is 0. The van der Waals surface area contributed by atoms with E-state index in [2.05, 4.69) is 20.0 Å². The second kappa shape index (κ2) is 7.87. The van der Waals surface area contributed by atoms with E-state index in [1.807, 2.05) is 0 Å². The van der Waals surface area contributed by atoms with Gasteiger partial charge in [0.25, 0.3) is 0 Å². The Balaban J connectivity index is 0.00000200. The molecule has 0 bridgehead atoms. The molecule has 0 aliphatic carbocycles. The molecule has 1 fully saturated rings. The largest absolute Gasteiger partial charge is 0.313 e. The zero-order valence-electron chi connectivity index (χ0n) is 11.4. The summed E-state index contributed by atoms with van der Waals surface area (Å²) in [5.41, 5.74) is 0.464. The van der Waals surface area contributed by atoms with Crippen LogP contribution in [0.15, 0.2) is 18.6 Å². The van der Waals surface area contributed by atoms with E-state index < -0.39 is 15.3 Å². The SMILES string of the molecule is CC(c1cnccn1)S(=O)(=O)NCC1CCCCN1.Cl. The van der Waals surface area contributed by atoms with Crippen LogP contribution in [-0.4, -0.2) is 37.5 Å². The molecule has 0 saturated carbocycles. The molecule has 2 atom stereocenters. The summed E-state index contributed by atoms with van der Waals surface area (Å²) in [6.07, 6.45) is 7.86. The van der Waals surface area contributed by atoms with Crippen LogP contribution in [0.4, 0.5) is 0 Å². The van der Waals surface area contributed by atoms with Gasteiger partial charge in [0.1, 0.15) is 5.25 Å². The van der Waals surface area contributed by atoms with E-state index in [9.17, 15) is 8.42 Å². The van der Waals surface area contributed by atoms with Crippen molar-refractivity contribution in [3.05, 3.63) is 24.3 Å². The van der Waals surface area contributed by atoms with Crippen molar-refractivity contribution in [3.8, 4) is 0 Å². The van der Waals surface area contributed by atoms with Gasteiger partial charge in [-0.2, -0.15) is 0 Å². The first-order chi connectivity index (χ1) is 9.09. The summed E-state index contributed by atoms with van der Waals surface area (Å²) in [4.78, 5) is 7.94. The zero-order chi connectivity index (χ0) is 13.7. The van der Waals surface area contributed by atoms with Crippen LogP contribution in [-0.2, 0) is 10.0 Å². The van der Waals surface area contributed by atoms with E-state index >= 15 is 0 Å². The number of hydrogen-bond donors (Lipinski definition) is 2. The summed E-state index contributed by atoms with van der Waals surface area (Å²) in [6.45, 7) is 3.03. The van der Waals surface area contributed by atoms with Crippen molar-refractivity contribution in [1.82, 2.24) is 20.0 Å². The molecule has 1 aliphatic heterocycles. The molecule has 1 aliphatic rings. The first-order valence-corrected chi connectivity index (χ1v) is 8.12. The molecule has 2 heterocycles. The number of nitrogens with zero attached hydrogens (tertiary/aromatic N) is 2. The van der Waals surface area contributed by atoms with Crippen LogP contribution in [0.5, 0.6) is 0 Å². The van der Waals surface area contributed by atoms with E-state index in [1.165, 1.54) is 25.0 Å². The van der Waals surface area contributed by atoms with Gasteiger partial charge in [-0.1, -0.05) is 6.42 Å². The fourth-order valence-corrected chi connectivity index (χ4v) is 3.24. The summed E-state index contributed by atoms with van der Waals surface area (Å²) < 4.78 is 27.0. The van der Waals surface area contributed by atoms with Crippen molar-refractivity contribution in [2.75, 3.05) is 13.1 Å². The molecule has 2 N–H and O–H groups in total. The number of aromatic nitrogens is 2. The van der Waals surface area contributed by atoms with Gasteiger partial charge >= 0.3 is 0 Å². The maximum Gasteiger partial charge on any atom is 0.220 e. The highest BCUT2D eigenvalue weighted by Gasteiger charge is 2.25. The van der Waals surface area contributed by atoms with Crippen molar-refractivity contribution in [3.63, 3.8) is 0 Å². The summed E-state index contributed by atoms with van der Waals surface area (Å²) in [5.74, 6) is 0. The van der Waals surface area contributed by atoms with Crippen LogP contribution in [0.1, 0.15) is 37.1 Å². The first kappa shape index (κ1) is 17.3. The third kappa shape index (κ3) is 4.66. The van der Waals surface area contributed by atoms with E-state index in [0.29, 0.717) is 12.2 Å². The van der Waals surface area contributed by atoms with Crippen LogP contribution in [0.2, 0.25) is 0 Å². The van der Waals surface area contributed by atoms with E-state index in [1.54, 1.807) is 6.92 Å². The van der Waals surface area contributed by atoms with Crippen LogP contribution in [0, 0.1) is 0 Å². The van der Waals surface area contributed by atoms with Crippen LogP contribution in [0.25, 0.3) is 0 Å². The molecule has 0 amide bonds. The molecule has 6 nitrogen and oxygen atoms in total. The summed E-state index contributed by atoms with van der Waals surface area (Å²) in [7, 11) is -3.41. The lowest BCUT2D eigenvalue weighted by Gasteiger charge is -2.24. The second-order valence-electron chi connectivity index (χ2n) is 4.81. The second-order valence-corrected chi connectivity index (χ2v) is 6.90. The minimum atomic E-state index is -3.41. The summed E-state index contributed by atoms with van der Waals surface area (Å²) >= 11 is 0. The van der Waals surface area contributed by atoms with Crippen molar-refractivity contribution < 1.29 is 8.42 Å². The maximum atomic E-state index is 12.2. The molecular weight excluding hydrogens is 300 g/mol. The van der Waals surface area contributed by atoms with E-state index in [-0.39, 0.29) is 18.4 Å². The van der Waals surface area contributed by atoms with E-state index in [4.69, 9.17) is 0 Å². The van der Waals surface area contributed by atoms with Gasteiger partial charge in [-0.25, -0.2) is 13.1 Å². The Hall–Kier alpha value is -0.760. The van der Waals surface area contributed by atoms with Crippen molar-refractivity contribution in [2.45, 2.75) is 37.5 Å². The van der Waals surface area contributed by atoms with Crippen molar-refractivity contribution >= 4 is 22.4 Å². The number of halogens is 1. The summed E-state index contributed by atoms with van der Waals surface area (Å²) in [6, 6.07) is 0.234. The van der Waals surface area contributed by atoms with Gasteiger partial charge in [0.15, 0.2) is 0 Å². The van der Waals surface area contributed by atoms with Gasteiger partial charge in [0.05, 0.1) is 5.69 Å². The lowest BCUT2D eigenvalue weighted by molar-refractivity contribution is 0.397. The monoisotopic (exact) mass is 320 g/mol. The fourth-order valence-electron chi connectivity index (χ4n) is 2.12. The van der Waals surface area contributed by atoms with E-state index in [0.717, 1.165) is 19.4 Å². The Labute approximate surface area is 126 Å². The Kier molecular flexibility index (Phi) is 6.81. The molecule has 20 heavy (non-hydrogen) atoms. The standard InChI is InChI=1S/C12H20N4O2S.ClH/c1-10(12-9-13-6-7-15-12)19(17,18)16-8-11-4-2-3-5-14-11;/h6-7,9-11,14,16H,2-5,8H2,1H3;1H. The molecule has 2 rings (SSSR count). The van der Waals surface area contributed by atoms with Crippen molar-refractivity contribution in [1.29, 1.82) is 0 Å². The maximum absolute atomic E-state index is 12.2. The number of nitrogens with one attached hydrogen (secondary N) is 2. The molecule has 8 heteroatoms. The predicted octanol–water partition coefficient (Wildman–Crippen LogP) is 1.02. The van der Waals surface area contributed by atoms with Gasteiger partial charge < -0.3 is 5.32 Å². The number of sulfonamides is 1. The Morgan fingerprint density at radius 2 is 2.25 bits per heavy atom. The van der Waals surface area contributed by atoms with Gasteiger partial charge in [0.2, 0.25) is 10.0 Å². The molecule has 0 radical (unpaired) electrons. The molecule has 0 aromatic carbocycles. The predicted molar refractivity (Wildman–Crippen MR) is 80.3 cm³/mol. The third-order valence-corrected chi connectivity index (χ3v) is 5.15. The third-order valence-electron chi connectivity index (χ3n) is 3.41. The van der Waals surface area contributed by atoms with Gasteiger partial charge in [0, 0.05) is 31.2 Å². The molecular formula is C12H21ClN4O2S. The quantitative estimate of drug-likeness (QED) is 0.846. The first-order valence-electron chi connectivity index (χ1n) is 6.57. The zero-order valence-corrected chi connectivity index (χ0v) is 13.1. The van der Waals surface area contributed by atoms with Crippen molar-refractivity contribution in [2.24, 2.45) is 0 Å². The minimum Gasteiger partial charge on any atom is -0.313 e. The van der Waals surface area contributed by atoms with Crippen LogP contribution < -0.4 is 10.0 Å². The fraction of sp³-hybridized carbons (Fsp3) is 0.667. The number of hydrogen-bond acceptors (Lipinski definition) is 5. The molecule has 0 spiro atoms. The molecule has 2 unspecified atom stereocenters. The molecule has 1 aromatic heterocycles. The normalized spacial score (nSPS) is 20.9. The van der Waals surface area contributed by atoms with Gasteiger partial charge in [-0.3, -0.25) is 9.97 Å². The number of piperidine rings is 1. The highest BCUT2D eigenvalue weighted by Crippen LogP contribution is 2.17. The average Bonchev–Trinajstić information content (AvgIpc) is 2.46. The number of rotatable bonds is 5. The lowest BCUT2D eigenvalue weighted by Crippen LogP contribution is -2.44. The smallest absolute Gasteiger partial charge is 0.220 e. The molecule has 114 valence electrons. The Bertz CT molecular complexity index is 491. The van der Waals surface area contributed by atoms with Gasteiger partial charge in [-0.05, 0) is 26.3 Å².